The Kier molecular flexibility index (Phi) is 7.19. The summed E-state index contributed by atoms with van der Waals surface area (Å²) in [4.78, 5) is 29.0. The molecular formula is C23H35N3O5S. The first kappa shape index (κ1) is 24.5. The maximum atomic E-state index is 13.1. The van der Waals surface area contributed by atoms with E-state index in [0.717, 1.165) is 11.1 Å². The molecule has 178 valence electrons. The fraction of sp³-hybridized carbons (Fsp3) is 0.652. The van der Waals surface area contributed by atoms with Crippen molar-refractivity contribution in [3.05, 3.63) is 29.3 Å². The van der Waals surface area contributed by atoms with Gasteiger partial charge in [-0.15, -0.1) is 0 Å². The number of nitrogens with zero attached hydrogens (tertiary/aromatic N) is 3. The molecule has 0 aromatic heterocycles. The van der Waals surface area contributed by atoms with Crippen molar-refractivity contribution >= 4 is 22.0 Å². The molecule has 1 aromatic rings. The van der Waals surface area contributed by atoms with Gasteiger partial charge in [0.25, 0.3) is 0 Å². The molecule has 32 heavy (non-hydrogen) atoms. The van der Waals surface area contributed by atoms with Crippen molar-refractivity contribution in [3.63, 3.8) is 0 Å². The summed E-state index contributed by atoms with van der Waals surface area (Å²) in [6.07, 6.45) is 0.854. The molecule has 2 aliphatic heterocycles. The van der Waals surface area contributed by atoms with Crippen molar-refractivity contribution in [3.8, 4) is 0 Å². The summed E-state index contributed by atoms with van der Waals surface area (Å²) >= 11 is 0. The molecule has 2 saturated heterocycles. The number of piperidine rings is 1. The zero-order valence-corrected chi connectivity index (χ0v) is 20.6. The molecule has 2 amide bonds. The van der Waals surface area contributed by atoms with Crippen LogP contribution in [-0.2, 0) is 19.6 Å². The highest BCUT2D eigenvalue weighted by Gasteiger charge is 2.35. The van der Waals surface area contributed by atoms with Crippen LogP contribution in [0.2, 0.25) is 0 Å². The van der Waals surface area contributed by atoms with Gasteiger partial charge in [0.2, 0.25) is 15.9 Å². The predicted molar refractivity (Wildman–Crippen MR) is 122 cm³/mol. The zero-order valence-electron chi connectivity index (χ0n) is 19.8. The van der Waals surface area contributed by atoms with Crippen LogP contribution in [0.15, 0.2) is 23.1 Å². The summed E-state index contributed by atoms with van der Waals surface area (Å²) in [6.45, 7) is 11.6. The molecule has 0 radical (unpaired) electrons. The number of aryl methyl sites for hydroxylation is 2. The lowest BCUT2D eigenvalue weighted by atomic mass is 9.95. The average Bonchev–Trinajstić information content (AvgIpc) is 2.72. The van der Waals surface area contributed by atoms with Crippen molar-refractivity contribution in [1.29, 1.82) is 0 Å². The molecule has 9 heteroatoms. The zero-order chi connectivity index (χ0) is 23.7. The van der Waals surface area contributed by atoms with Gasteiger partial charge < -0.3 is 14.5 Å². The molecule has 0 bridgehead atoms. The number of hydrogen-bond donors (Lipinski definition) is 0. The van der Waals surface area contributed by atoms with E-state index in [1.54, 1.807) is 15.9 Å². The number of rotatable bonds is 3. The fourth-order valence-electron chi connectivity index (χ4n) is 4.27. The van der Waals surface area contributed by atoms with Crippen LogP contribution < -0.4 is 0 Å². The molecule has 0 atom stereocenters. The molecule has 2 heterocycles. The van der Waals surface area contributed by atoms with Crippen molar-refractivity contribution in [2.45, 2.75) is 58.0 Å². The minimum absolute atomic E-state index is 0.0532. The van der Waals surface area contributed by atoms with Crippen LogP contribution in [0.5, 0.6) is 0 Å². The van der Waals surface area contributed by atoms with Gasteiger partial charge in [-0.2, -0.15) is 4.31 Å². The highest BCUT2D eigenvalue weighted by molar-refractivity contribution is 7.89. The standard InChI is InChI=1S/C23H35N3O5S/c1-17-6-7-20(18(2)16-17)32(29,30)26-14-12-24(13-15-26)21(27)19-8-10-25(11-9-19)22(28)31-23(3,4)5/h6-7,16,19H,8-15H2,1-5H3. The van der Waals surface area contributed by atoms with Crippen LogP contribution in [0, 0.1) is 19.8 Å². The SMILES string of the molecule is Cc1ccc(S(=O)(=O)N2CCN(C(=O)C3CCN(C(=O)OC(C)(C)C)CC3)CC2)c(C)c1. The molecule has 0 N–H and O–H groups in total. The van der Waals surface area contributed by atoms with Crippen LogP contribution in [0.25, 0.3) is 0 Å². The van der Waals surface area contributed by atoms with Gasteiger partial charge in [-0.1, -0.05) is 17.7 Å². The molecular weight excluding hydrogens is 430 g/mol. The molecule has 3 rings (SSSR count). The number of likely N-dealkylation sites (tertiary alicyclic amines) is 1. The minimum atomic E-state index is -3.58. The van der Waals surface area contributed by atoms with Crippen molar-refractivity contribution in [2.75, 3.05) is 39.3 Å². The third kappa shape index (κ3) is 5.61. The number of hydrogen-bond acceptors (Lipinski definition) is 5. The maximum Gasteiger partial charge on any atom is 0.410 e. The Bertz CT molecular complexity index is 954. The lowest BCUT2D eigenvalue weighted by molar-refractivity contribution is -0.138. The van der Waals surface area contributed by atoms with E-state index in [2.05, 4.69) is 0 Å². The van der Waals surface area contributed by atoms with E-state index >= 15 is 0 Å². The van der Waals surface area contributed by atoms with Gasteiger partial charge in [0, 0.05) is 45.2 Å². The quantitative estimate of drug-likeness (QED) is 0.685. The molecule has 2 fully saturated rings. The van der Waals surface area contributed by atoms with Crippen molar-refractivity contribution in [1.82, 2.24) is 14.1 Å². The number of ether oxygens (including phenoxy) is 1. The molecule has 0 unspecified atom stereocenters. The lowest BCUT2D eigenvalue weighted by Gasteiger charge is -2.38. The highest BCUT2D eigenvalue weighted by atomic mass is 32.2. The molecule has 0 saturated carbocycles. The Balaban J connectivity index is 1.53. The average molecular weight is 466 g/mol. The van der Waals surface area contributed by atoms with Gasteiger partial charge in [0.05, 0.1) is 4.90 Å². The van der Waals surface area contributed by atoms with Gasteiger partial charge in [-0.3, -0.25) is 4.79 Å². The van der Waals surface area contributed by atoms with Gasteiger partial charge >= 0.3 is 6.09 Å². The lowest BCUT2D eigenvalue weighted by Crippen LogP contribution is -2.53. The number of sulfonamides is 1. The van der Waals surface area contributed by atoms with Crippen molar-refractivity contribution in [2.24, 2.45) is 5.92 Å². The third-order valence-corrected chi connectivity index (χ3v) is 8.05. The van der Waals surface area contributed by atoms with Crippen LogP contribution in [0.3, 0.4) is 0 Å². The highest BCUT2D eigenvalue weighted by Crippen LogP contribution is 2.25. The van der Waals surface area contributed by atoms with E-state index in [9.17, 15) is 18.0 Å². The largest absolute Gasteiger partial charge is 0.444 e. The first-order valence-electron chi connectivity index (χ1n) is 11.2. The number of piperazine rings is 1. The predicted octanol–water partition coefficient (Wildman–Crippen LogP) is 2.78. The molecule has 0 spiro atoms. The Morgan fingerprint density at radius 2 is 1.53 bits per heavy atom. The van der Waals surface area contributed by atoms with E-state index in [-0.39, 0.29) is 31.0 Å². The van der Waals surface area contributed by atoms with E-state index in [1.807, 2.05) is 46.8 Å². The molecule has 0 aliphatic carbocycles. The number of carbonyl (C=O) groups excluding carboxylic acids is 2. The first-order valence-corrected chi connectivity index (χ1v) is 12.7. The van der Waals surface area contributed by atoms with E-state index in [1.165, 1.54) is 4.31 Å². The van der Waals surface area contributed by atoms with Crippen LogP contribution in [0.4, 0.5) is 4.79 Å². The normalized spacial score (nSPS) is 19.2. The molecule has 1 aromatic carbocycles. The smallest absolute Gasteiger partial charge is 0.410 e. The topological polar surface area (TPSA) is 87.2 Å². The second-order valence-electron chi connectivity index (χ2n) is 9.74. The van der Waals surface area contributed by atoms with Gasteiger partial charge in [-0.25, -0.2) is 13.2 Å². The fourth-order valence-corrected chi connectivity index (χ4v) is 5.90. The summed E-state index contributed by atoms with van der Waals surface area (Å²) in [5.41, 5.74) is 1.22. The van der Waals surface area contributed by atoms with Crippen LogP contribution >= 0.6 is 0 Å². The minimum Gasteiger partial charge on any atom is -0.444 e. The first-order chi connectivity index (χ1) is 14.9. The maximum absolute atomic E-state index is 13.1. The molecule has 2 aliphatic rings. The van der Waals surface area contributed by atoms with E-state index in [0.29, 0.717) is 43.9 Å². The number of carbonyl (C=O) groups is 2. The second-order valence-corrected chi connectivity index (χ2v) is 11.6. The summed E-state index contributed by atoms with van der Waals surface area (Å²) in [6, 6.07) is 5.34. The van der Waals surface area contributed by atoms with E-state index < -0.39 is 15.6 Å². The second kappa shape index (κ2) is 9.39. The van der Waals surface area contributed by atoms with Gasteiger partial charge in [0.1, 0.15) is 5.60 Å². The number of benzene rings is 1. The van der Waals surface area contributed by atoms with Crippen LogP contribution in [0.1, 0.15) is 44.7 Å². The Labute approximate surface area is 191 Å². The van der Waals surface area contributed by atoms with Crippen molar-refractivity contribution < 1.29 is 22.7 Å². The summed E-state index contributed by atoms with van der Waals surface area (Å²) < 4.78 is 33.0. The van der Waals surface area contributed by atoms with Gasteiger partial charge in [-0.05, 0) is 59.1 Å². The summed E-state index contributed by atoms with van der Waals surface area (Å²) in [5, 5.41) is 0. The third-order valence-electron chi connectivity index (χ3n) is 5.99. The summed E-state index contributed by atoms with van der Waals surface area (Å²) in [5.74, 6) is -0.0893. The Morgan fingerprint density at radius 3 is 2.06 bits per heavy atom. The monoisotopic (exact) mass is 465 g/mol. The van der Waals surface area contributed by atoms with Crippen LogP contribution in [-0.4, -0.2) is 79.4 Å². The Hall–Kier alpha value is -2.13. The van der Waals surface area contributed by atoms with Gasteiger partial charge in [0.15, 0.2) is 0 Å². The van der Waals surface area contributed by atoms with E-state index in [4.69, 9.17) is 4.74 Å². The summed E-state index contributed by atoms with van der Waals surface area (Å²) in [7, 11) is -3.58. The number of amides is 2. The molecule has 8 nitrogen and oxygen atoms in total. The Morgan fingerprint density at radius 1 is 0.938 bits per heavy atom.